The van der Waals surface area contributed by atoms with Gasteiger partial charge in [0, 0.05) is 12.3 Å². The molecule has 0 spiro atoms. The van der Waals surface area contributed by atoms with Crippen molar-refractivity contribution in [1.82, 2.24) is 4.98 Å². The van der Waals surface area contributed by atoms with Gasteiger partial charge in [-0.25, -0.2) is 4.98 Å². The molecular formula is C16H23NO. The first kappa shape index (κ1) is 14.5. The SMILES string of the molecule is COc1ccc(/C=C/C(C)CCC=C(C)C)cn1. The topological polar surface area (TPSA) is 22.1 Å². The fraction of sp³-hybridized carbons (Fsp3) is 0.438. The third-order valence-electron chi connectivity index (χ3n) is 2.76. The van der Waals surface area contributed by atoms with Crippen molar-refractivity contribution in [1.29, 1.82) is 0 Å². The van der Waals surface area contributed by atoms with Crippen molar-refractivity contribution >= 4 is 6.08 Å². The molecule has 1 heterocycles. The minimum Gasteiger partial charge on any atom is -0.481 e. The van der Waals surface area contributed by atoms with E-state index in [4.69, 9.17) is 4.74 Å². The van der Waals surface area contributed by atoms with Gasteiger partial charge >= 0.3 is 0 Å². The molecule has 0 saturated heterocycles. The van der Waals surface area contributed by atoms with E-state index in [0.717, 1.165) is 12.0 Å². The molecule has 2 heteroatoms. The second-order valence-electron chi connectivity index (χ2n) is 4.83. The fourth-order valence-electron chi connectivity index (χ4n) is 1.62. The Balaban J connectivity index is 2.44. The van der Waals surface area contributed by atoms with Crippen LogP contribution in [0.1, 0.15) is 39.2 Å². The highest BCUT2D eigenvalue weighted by Gasteiger charge is 1.96. The molecule has 0 radical (unpaired) electrons. The molecule has 1 atom stereocenters. The lowest BCUT2D eigenvalue weighted by atomic mass is 10.0. The van der Waals surface area contributed by atoms with E-state index >= 15 is 0 Å². The van der Waals surface area contributed by atoms with Crippen LogP contribution < -0.4 is 4.74 Å². The second-order valence-corrected chi connectivity index (χ2v) is 4.83. The number of aromatic nitrogens is 1. The lowest BCUT2D eigenvalue weighted by molar-refractivity contribution is 0.398. The summed E-state index contributed by atoms with van der Waals surface area (Å²) in [7, 11) is 1.63. The summed E-state index contributed by atoms with van der Waals surface area (Å²) >= 11 is 0. The average molecular weight is 245 g/mol. The van der Waals surface area contributed by atoms with E-state index in [1.807, 2.05) is 18.3 Å². The van der Waals surface area contributed by atoms with Crippen molar-refractivity contribution in [3.63, 3.8) is 0 Å². The third-order valence-corrected chi connectivity index (χ3v) is 2.76. The van der Waals surface area contributed by atoms with Crippen LogP contribution in [0, 0.1) is 5.92 Å². The molecule has 0 amide bonds. The van der Waals surface area contributed by atoms with Crippen LogP contribution in [0.4, 0.5) is 0 Å². The van der Waals surface area contributed by atoms with Gasteiger partial charge in [-0.05, 0) is 44.2 Å². The molecule has 0 aliphatic rings. The Morgan fingerprint density at radius 1 is 1.39 bits per heavy atom. The van der Waals surface area contributed by atoms with Crippen molar-refractivity contribution in [2.24, 2.45) is 5.92 Å². The van der Waals surface area contributed by atoms with Gasteiger partial charge in [-0.2, -0.15) is 0 Å². The first-order valence-corrected chi connectivity index (χ1v) is 6.43. The Morgan fingerprint density at radius 2 is 2.17 bits per heavy atom. The molecule has 0 aromatic carbocycles. The number of ether oxygens (including phenoxy) is 1. The molecule has 0 aliphatic carbocycles. The van der Waals surface area contributed by atoms with E-state index in [1.54, 1.807) is 7.11 Å². The van der Waals surface area contributed by atoms with Gasteiger partial charge < -0.3 is 4.74 Å². The fourth-order valence-corrected chi connectivity index (χ4v) is 1.62. The van der Waals surface area contributed by atoms with Gasteiger partial charge in [0.15, 0.2) is 0 Å². The highest BCUT2D eigenvalue weighted by atomic mass is 16.5. The van der Waals surface area contributed by atoms with Crippen LogP contribution in [0.2, 0.25) is 0 Å². The molecular weight excluding hydrogens is 222 g/mol. The molecule has 0 N–H and O–H groups in total. The molecule has 98 valence electrons. The molecule has 1 rings (SSSR count). The third kappa shape index (κ3) is 5.67. The van der Waals surface area contributed by atoms with Crippen molar-refractivity contribution in [3.8, 4) is 5.88 Å². The summed E-state index contributed by atoms with van der Waals surface area (Å²) in [4.78, 5) is 4.18. The van der Waals surface area contributed by atoms with Gasteiger partial charge in [-0.1, -0.05) is 30.7 Å². The highest BCUT2D eigenvalue weighted by molar-refractivity contribution is 5.48. The van der Waals surface area contributed by atoms with Crippen LogP contribution >= 0.6 is 0 Å². The number of nitrogens with zero attached hydrogens (tertiary/aromatic N) is 1. The molecule has 1 aromatic rings. The minimum absolute atomic E-state index is 0.586. The number of hydrogen-bond donors (Lipinski definition) is 0. The molecule has 0 saturated carbocycles. The first-order chi connectivity index (χ1) is 8.61. The normalized spacial score (nSPS) is 12.4. The minimum atomic E-state index is 0.586. The Kier molecular flexibility index (Phi) is 6.20. The Hall–Kier alpha value is -1.57. The predicted octanol–water partition coefficient (Wildman–Crippen LogP) is 4.49. The van der Waals surface area contributed by atoms with Gasteiger partial charge in [-0.3, -0.25) is 0 Å². The van der Waals surface area contributed by atoms with Crippen LogP contribution in [0.15, 0.2) is 36.1 Å². The molecule has 18 heavy (non-hydrogen) atoms. The lowest BCUT2D eigenvalue weighted by Crippen LogP contribution is -1.89. The first-order valence-electron chi connectivity index (χ1n) is 6.43. The van der Waals surface area contributed by atoms with E-state index in [1.165, 1.54) is 12.0 Å². The second kappa shape index (κ2) is 7.70. The number of allylic oxidation sites excluding steroid dienone is 3. The van der Waals surface area contributed by atoms with E-state index in [2.05, 4.69) is 44.0 Å². The summed E-state index contributed by atoms with van der Waals surface area (Å²) in [6.07, 6.45) is 10.8. The van der Waals surface area contributed by atoms with Crippen molar-refractivity contribution in [2.75, 3.05) is 7.11 Å². The highest BCUT2D eigenvalue weighted by Crippen LogP contribution is 2.13. The van der Waals surface area contributed by atoms with Gasteiger partial charge in [0.2, 0.25) is 5.88 Å². The predicted molar refractivity (Wildman–Crippen MR) is 77.7 cm³/mol. The average Bonchev–Trinajstić information content (AvgIpc) is 2.36. The smallest absolute Gasteiger partial charge is 0.212 e. The Morgan fingerprint density at radius 3 is 2.72 bits per heavy atom. The standard InChI is InChI=1S/C16H23NO/c1-13(2)6-5-7-14(3)8-9-15-10-11-16(18-4)17-12-15/h6,8-12,14H,5,7H2,1-4H3/b9-8+. The van der Waals surface area contributed by atoms with E-state index in [9.17, 15) is 0 Å². The van der Waals surface area contributed by atoms with Crippen molar-refractivity contribution in [3.05, 3.63) is 41.6 Å². The zero-order valence-electron chi connectivity index (χ0n) is 11.8. The molecule has 2 nitrogen and oxygen atoms in total. The summed E-state index contributed by atoms with van der Waals surface area (Å²) in [5, 5.41) is 0. The maximum Gasteiger partial charge on any atom is 0.212 e. The quantitative estimate of drug-likeness (QED) is 0.689. The maximum absolute atomic E-state index is 5.03. The van der Waals surface area contributed by atoms with Crippen LogP contribution in [-0.4, -0.2) is 12.1 Å². The van der Waals surface area contributed by atoms with Gasteiger partial charge in [0.25, 0.3) is 0 Å². The van der Waals surface area contributed by atoms with Crippen LogP contribution in [0.5, 0.6) is 5.88 Å². The Labute approximate surface area is 110 Å². The van der Waals surface area contributed by atoms with E-state index in [-0.39, 0.29) is 0 Å². The molecule has 1 unspecified atom stereocenters. The molecule has 0 bridgehead atoms. The summed E-state index contributed by atoms with van der Waals surface area (Å²) < 4.78 is 5.03. The molecule has 0 fully saturated rings. The zero-order chi connectivity index (χ0) is 13.4. The van der Waals surface area contributed by atoms with E-state index < -0.39 is 0 Å². The summed E-state index contributed by atoms with van der Waals surface area (Å²) in [5.74, 6) is 1.24. The van der Waals surface area contributed by atoms with Crippen molar-refractivity contribution < 1.29 is 4.74 Å². The van der Waals surface area contributed by atoms with E-state index in [0.29, 0.717) is 11.8 Å². The maximum atomic E-state index is 5.03. The van der Waals surface area contributed by atoms with Crippen LogP contribution in [0.25, 0.3) is 6.08 Å². The molecule has 0 aliphatic heterocycles. The zero-order valence-corrected chi connectivity index (χ0v) is 11.8. The summed E-state index contributed by atoms with van der Waals surface area (Å²) in [5.41, 5.74) is 2.51. The monoisotopic (exact) mass is 245 g/mol. The largest absolute Gasteiger partial charge is 0.481 e. The summed E-state index contributed by atoms with van der Waals surface area (Å²) in [6.45, 7) is 6.53. The van der Waals surface area contributed by atoms with Gasteiger partial charge in [0.05, 0.1) is 7.11 Å². The van der Waals surface area contributed by atoms with Gasteiger partial charge in [0.1, 0.15) is 0 Å². The number of pyridine rings is 1. The van der Waals surface area contributed by atoms with Crippen molar-refractivity contribution in [2.45, 2.75) is 33.6 Å². The summed E-state index contributed by atoms with van der Waals surface area (Å²) in [6, 6.07) is 3.90. The van der Waals surface area contributed by atoms with Crippen LogP contribution in [-0.2, 0) is 0 Å². The van der Waals surface area contributed by atoms with Gasteiger partial charge in [-0.15, -0.1) is 0 Å². The lowest BCUT2D eigenvalue weighted by Gasteiger charge is -2.04. The number of rotatable bonds is 6. The number of methoxy groups -OCH3 is 1. The van der Waals surface area contributed by atoms with Crippen LogP contribution in [0.3, 0.4) is 0 Å². The molecule has 1 aromatic heterocycles. The number of hydrogen-bond acceptors (Lipinski definition) is 2. The Bertz CT molecular complexity index is 400.